The van der Waals surface area contributed by atoms with Gasteiger partial charge in [-0.2, -0.15) is 0 Å². The minimum absolute atomic E-state index is 0.0220. The van der Waals surface area contributed by atoms with Crippen molar-refractivity contribution in [2.45, 2.75) is 12.6 Å². The molecule has 3 aromatic rings. The fraction of sp³-hybridized carbons (Fsp3) is 0.182. The first-order chi connectivity index (χ1) is 13.7. The van der Waals surface area contributed by atoms with E-state index in [9.17, 15) is 9.59 Å². The van der Waals surface area contributed by atoms with Crippen molar-refractivity contribution in [3.63, 3.8) is 0 Å². The van der Waals surface area contributed by atoms with Crippen LogP contribution in [0.5, 0.6) is 0 Å². The van der Waals surface area contributed by atoms with Crippen molar-refractivity contribution in [2.75, 3.05) is 13.7 Å². The molecular weight excluding hydrogens is 372 g/mol. The van der Waals surface area contributed by atoms with Gasteiger partial charge in [0.1, 0.15) is 0 Å². The van der Waals surface area contributed by atoms with Gasteiger partial charge in [0.25, 0.3) is 0 Å². The fourth-order valence-corrected chi connectivity index (χ4v) is 3.65. The van der Waals surface area contributed by atoms with Gasteiger partial charge in [-0.3, -0.25) is 10.1 Å². The van der Waals surface area contributed by atoms with Crippen LogP contribution < -0.4 is 10.6 Å². The Kier molecular flexibility index (Phi) is 6.94. The molecule has 0 aliphatic carbocycles. The molecule has 1 aromatic heterocycles. The standard InChI is InChI=1S/C22H22N2O3S/c1-27-22(26)18-11-9-16(10-12-18)14-23-20(25)15-24-21(19-8-5-13-28-19)17-6-3-2-4-7-17/h2-13,21,24H,14-15H2,1H3,(H,23,25)/t21-/m1/s1. The second-order valence-electron chi connectivity index (χ2n) is 6.21. The van der Waals surface area contributed by atoms with Crippen molar-refractivity contribution in [1.29, 1.82) is 0 Å². The summed E-state index contributed by atoms with van der Waals surface area (Å²) in [4.78, 5) is 24.9. The number of benzene rings is 2. The summed E-state index contributed by atoms with van der Waals surface area (Å²) in [6, 6.07) is 21.1. The number of rotatable bonds is 8. The quantitative estimate of drug-likeness (QED) is 0.574. The SMILES string of the molecule is COC(=O)c1ccc(CNC(=O)CN[C@H](c2ccccc2)c2cccs2)cc1. The molecule has 0 saturated carbocycles. The Balaban J connectivity index is 1.54. The van der Waals surface area contributed by atoms with Gasteiger partial charge >= 0.3 is 5.97 Å². The van der Waals surface area contributed by atoms with E-state index in [1.165, 1.54) is 7.11 Å². The normalized spacial score (nSPS) is 11.6. The second-order valence-corrected chi connectivity index (χ2v) is 7.18. The summed E-state index contributed by atoms with van der Waals surface area (Å²) in [5.41, 5.74) is 2.52. The van der Waals surface area contributed by atoms with Crippen LogP contribution in [-0.4, -0.2) is 25.5 Å². The Morgan fingerprint density at radius 1 is 1.00 bits per heavy atom. The average Bonchev–Trinajstić information content (AvgIpc) is 3.27. The number of amides is 1. The highest BCUT2D eigenvalue weighted by molar-refractivity contribution is 7.10. The summed E-state index contributed by atoms with van der Waals surface area (Å²) < 4.78 is 4.68. The maximum absolute atomic E-state index is 12.3. The Morgan fingerprint density at radius 2 is 1.75 bits per heavy atom. The van der Waals surface area contributed by atoms with Gasteiger partial charge in [-0.25, -0.2) is 4.79 Å². The van der Waals surface area contributed by atoms with Gasteiger partial charge in [0.05, 0.1) is 25.3 Å². The molecule has 0 radical (unpaired) electrons. The molecule has 2 N–H and O–H groups in total. The van der Waals surface area contributed by atoms with Crippen molar-refractivity contribution < 1.29 is 14.3 Å². The summed E-state index contributed by atoms with van der Waals surface area (Å²) in [6.45, 7) is 0.606. The Bertz CT molecular complexity index is 893. The highest BCUT2D eigenvalue weighted by Crippen LogP contribution is 2.25. The van der Waals surface area contributed by atoms with Crippen LogP contribution in [0.1, 0.15) is 32.4 Å². The van der Waals surface area contributed by atoms with Crippen molar-refractivity contribution in [3.8, 4) is 0 Å². The number of carbonyl (C=O) groups is 2. The molecule has 0 aliphatic rings. The predicted octanol–water partition coefficient (Wildman–Crippen LogP) is 3.53. The van der Waals surface area contributed by atoms with Gasteiger partial charge in [-0.1, -0.05) is 48.5 Å². The number of hydrogen-bond donors (Lipinski definition) is 2. The van der Waals surface area contributed by atoms with Crippen LogP contribution in [0.2, 0.25) is 0 Å². The van der Waals surface area contributed by atoms with Crippen LogP contribution in [0.25, 0.3) is 0 Å². The third-order valence-corrected chi connectivity index (χ3v) is 5.23. The van der Waals surface area contributed by atoms with Gasteiger partial charge in [0.2, 0.25) is 5.91 Å². The van der Waals surface area contributed by atoms with Gasteiger partial charge in [-0.15, -0.1) is 11.3 Å². The molecule has 0 aliphatic heterocycles. The van der Waals surface area contributed by atoms with E-state index >= 15 is 0 Å². The number of ether oxygens (including phenoxy) is 1. The molecule has 2 aromatic carbocycles. The van der Waals surface area contributed by atoms with E-state index in [1.807, 2.05) is 29.6 Å². The molecule has 144 valence electrons. The highest BCUT2D eigenvalue weighted by atomic mass is 32.1. The van der Waals surface area contributed by atoms with Crippen LogP contribution in [-0.2, 0) is 16.1 Å². The molecule has 0 fully saturated rings. The zero-order chi connectivity index (χ0) is 19.8. The first-order valence-corrected chi connectivity index (χ1v) is 9.81. The van der Waals surface area contributed by atoms with Crippen LogP contribution in [0.3, 0.4) is 0 Å². The van der Waals surface area contributed by atoms with E-state index < -0.39 is 0 Å². The number of thiophene rings is 1. The number of hydrogen-bond acceptors (Lipinski definition) is 5. The van der Waals surface area contributed by atoms with Crippen molar-refractivity contribution in [1.82, 2.24) is 10.6 Å². The topological polar surface area (TPSA) is 67.4 Å². The van der Waals surface area contributed by atoms with Gasteiger partial charge in [-0.05, 0) is 34.7 Å². The Labute approximate surface area is 168 Å². The molecule has 3 rings (SSSR count). The lowest BCUT2D eigenvalue weighted by atomic mass is 10.1. The molecule has 0 spiro atoms. The average molecular weight is 394 g/mol. The van der Waals surface area contributed by atoms with Crippen LogP contribution in [0.4, 0.5) is 0 Å². The van der Waals surface area contributed by atoms with Crippen molar-refractivity contribution in [2.24, 2.45) is 0 Å². The second kappa shape index (κ2) is 9.82. The first-order valence-electron chi connectivity index (χ1n) is 8.93. The molecular formula is C22H22N2O3S. The summed E-state index contributed by atoms with van der Waals surface area (Å²) in [5, 5.41) is 8.28. The fourth-order valence-electron chi connectivity index (χ4n) is 2.82. The molecule has 0 saturated heterocycles. The summed E-state index contributed by atoms with van der Waals surface area (Å²) in [5.74, 6) is -0.463. The molecule has 0 bridgehead atoms. The van der Waals surface area contributed by atoms with Crippen molar-refractivity contribution in [3.05, 3.63) is 93.7 Å². The third-order valence-electron chi connectivity index (χ3n) is 4.29. The van der Waals surface area contributed by atoms with Crippen molar-refractivity contribution >= 4 is 23.2 Å². The zero-order valence-corrected chi connectivity index (χ0v) is 16.4. The van der Waals surface area contributed by atoms with E-state index in [4.69, 9.17) is 0 Å². The summed E-state index contributed by atoms with van der Waals surface area (Å²) in [7, 11) is 1.35. The molecule has 28 heavy (non-hydrogen) atoms. The number of nitrogens with one attached hydrogen (secondary N) is 2. The predicted molar refractivity (Wildman–Crippen MR) is 110 cm³/mol. The smallest absolute Gasteiger partial charge is 0.337 e. The van der Waals surface area contributed by atoms with Crippen LogP contribution in [0, 0.1) is 0 Å². The third kappa shape index (κ3) is 5.28. The van der Waals surface area contributed by atoms with E-state index in [1.54, 1.807) is 35.6 Å². The molecule has 1 amide bonds. The summed E-state index contributed by atoms with van der Waals surface area (Å²) in [6.07, 6.45) is 0. The van der Waals surface area contributed by atoms with E-state index in [2.05, 4.69) is 33.6 Å². The molecule has 1 heterocycles. The lowest BCUT2D eigenvalue weighted by Gasteiger charge is -2.18. The maximum atomic E-state index is 12.3. The van der Waals surface area contributed by atoms with Gasteiger partial charge < -0.3 is 10.1 Å². The first kappa shape index (κ1) is 19.8. The van der Waals surface area contributed by atoms with E-state index in [-0.39, 0.29) is 24.5 Å². The number of carbonyl (C=O) groups excluding carboxylic acids is 2. The lowest BCUT2D eigenvalue weighted by Crippen LogP contribution is -2.35. The molecule has 0 unspecified atom stereocenters. The zero-order valence-electron chi connectivity index (χ0n) is 15.6. The Hall–Kier alpha value is -2.96. The maximum Gasteiger partial charge on any atom is 0.337 e. The number of esters is 1. The van der Waals surface area contributed by atoms with Crippen LogP contribution in [0.15, 0.2) is 72.1 Å². The molecule has 5 nitrogen and oxygen atoms in total. The summed E-state index contributed by atoms with van der Waals surface area (Å²) >= 11 is 1.66. The number of methoxy groups -OCH3 is 1. The largest absolute Gasteiger partial charge is 0.465 e. The van der Waals surface area contributed by atoms with E-state index in [0.29, 0.717) is 12.1 Å². The lowest BCUT2D eigenvalue weighted by molar-refractivity contribution is -0.120. The highest BCUT2D eigenvalue weighted by Gasteiger charge is 2.15. The van der Waals surface area contributed by atoms with Gasteiger partial charge in [0, 0.05) is 11.4 Å². The molecule has 6 heteroatoms. The monoisotopic (exact) mass is 394 g/mol. The van der Waals surface area contributed by atoms with Gasteiger partial charge in [0.15, 0.2) is 0 Å². The van der Waals surface area contributed by atoms with E-state index in [0.717, 1.165) is 16.0 Å². The molecule has 1 atom stereocenters. The Morgan fingerprint density at radius 3 is 2.39 bits per heavy atom. The van der Waals surface area contributed by atoms with Crippen LogP contribution >= 0.6 is 11.3 Å². The minimum atomic E-state index is -0.375. The minimum Gasteiger partial charge on any atom is -0.465 e.